The molecule has 0 aliphatic carbocycles. The van der Waals surface area contributed by atoms with E-state index in [-0.39, 0.29) is 5.56 Å². The van der Waals surface area contributed by atoms with Crippen LogP contribution >= 0.6 is 11.6 Å². The second-order valence-electron chi connectivity index (χ2n) is 2.29. The third kappa shape index (κ3) is 2.11. The number of nitriles is 1. The van der Waals surface area contributed by atoms with Gasteiger partial charge in [-0.2, -0.15) is 5.26 Å². The topological polar surface area (TPSA) is 45.8 Å². The third-order valence-corrected chi connectivity index (χ3v) is 1.64. The highest BCUT2D eigenvalue weighted by Gasteiger charge is 1.95. The Hall–Kier alpha value is -1.27. The Balaban J connectivity index is 2.92. The van der Waals surface area contributed by atoms with Gasteiger partial charge in [-0.3, -0.25) is 4.79 Å². The second kappa shape index (κ2) is 3.93. The smallest absolute Gasteiger partial charge is 0.250 e. The molecule has 3 nitrogen and oxygen atoms in total. The SMILES string of the molecule is N#CCCn1cc(Cl)ccc1=O. The minimum atomic E-state index is -0.130. The Morgan fingerprint density at radius 1 is 1.58 bits per heavy atom. The lowest BCUT2D eigenvalue weighted by Crippen LogP contribution is -2.17. The summed E-state index contributed by atoms with van der Waals surface area (Å²) in [5, 5.41) is 8.80. The predicted molar refractivity (Wildman–Crippen MR) is 45.9 cm³/mol. The van der Waals surface area contributed by atoms with Gasteiger partial charge in [-0.15, -0.1) is 0 Å². The molecule has 12 heavy (non-hydrogen) atoms. The minimum Gasteiger partial charge on any atom is -0.313 e. The van der Waals surface area contributed by atoms with Gasteiger partial charge in [-0.25, -0.2) is 0 Å². The highest BCUT2D eigenvalue weighted by molar-refractivity contribution is 6.30. The Morgan fingerprint density at radius 3 is 3.00 bits per heavy atom. The molecule has 4 heteroatoms. The van der Waals surface area contributed by atoms with E-state index in [9.17, 15) is 4.79 Å². The monoisotopic (exact) mass is 182 g/mol. The standard InChI is InChI=1S/C8H7ClN2O/c9-7-2-3-8(12)11(6-7)5-1-4-10/h2-3,6H,1,5H2. The van der Waals surface area contributed by atoms with Crippen LogP contribution in [0.1, 0.15) is 6.42 Å². The highest BCUT2D eigenvalue weighted by Crippen LogP contribution is 2.03. The van der Waals surface area contributed by atoms with Crippen LogP contribution < -0.4 is 5.56 Å². The lowest BCUT2D eigenvalue weighted by atomic mass is 10.4. The number of halogens is 1. The van der Waals surface area contributed by atoms with E-state index in [1.807, 2.05) is 6.07 Å². The molecular weight excluding hydrogens is 176 g/mol. The van der Waals surface area contributed by atoms with Crippen LogP contribution in [0, 0.1) is 11.3 Å². The molecule has 1 aromatic heterocycles. The average Bonchev–Trinajstić information content (AvgIpc) is 2.07. The molecule has 0 atom stereocenters. The molecule has 0 amide bonds. The lowest BCUT2D eigenvalue weighted by Gasteiger charge is -2.00. The van der Waals surface area contributed by atoms with Gasteiger partial charge in [0.25, 0.3) is 5.56 Å². The second-order valence-corrected chi connectivity index (χ2v) is 2.72. The molecule has 0 aromatic carbocycles. The van der Waals surface area contributed by atoms with E-state index in [1.54, 1.807) is 0 Å². The molecule has 0 saturated carbocycles. The molecule has 0 unspecified atom stereocenters. The minimum absolute atomic E-state index is 0.130. The van der Waals surface area contributed by atoms with Gasteiger partial charge in [0, 0.05) is 18.8 Å². The van der Waals surface area contributed by atoms with Crippen molar-refractivity contribution in [1.29, 1.82) is 5.26 Å². The van der Waals surface area contributed by atoms with Crippen LogP contribution in [-0.2, 0) is 6.54 Å². The molecule has 0 fully saturated rings. The number of nitrogens with zero attached hydrogens (tertiary/aromatic N) is 2. The van der Waals surface area contributed by atoms with Crippen LogP contribution in [0.4, 0.5) is 0 Å². The number of hydrogen-bond acceptors (Lipinski definition) is 2. The zero-order valence-corrected chi connectivity index (χ0v) is 7.08. The Bertz CT molecular complexity index is 364. The van der Waals surface area contributed by atoms with E-state index >= 15 is 0 Å². The van der Waals surface area contributed by atoms with E-state index in [4.69, 9.17) is 16.9 Å². The molecule has 0 spiro atoms. The number of hydrogen-bond donors (Lipinski definition) is 0. The van der Waals surface area contributed by atoms with E-state index < -0.39 is 0 Å². The van der Waals surface area contributed by atoms with Gasteiger partial charge >= 0.3 is 0 Å². The number of aryl methyl sites for hydroxylation is 1. The van der Waals surface area contributed by atoms with Gasteiger partial charge < -0.3 is 4.57 Å². The summed E-state index contributed by atoms with van der Waals surface area (Å²) in [5.74, 6) is 0. The fraction of sp³-hybridized carbons (Fsp3) is 0.250. The summed E-state index contributed by atoms with van der Waals surface area (Å²) in [5.41, 5.74) is -0.130. The van der Waals surface area contributed by atoms with Crippen molar-refractivity contribution in [3.05, 3.63) is 33.7 Å². The van der Waals surface area contributed by atoms with Gasteiger partial charge in [-0.05, 0) is 6.07 Å². The maximum atomic E-state index is 11.1. The first-order valence-electron chi connectivity index (χ1n) is 3.47. The van der Waals surface area contributed by atoms with Gasteiger partial charge in [-0.1, -0.05) is 11.6 Å². The fourth-order valence-electron chi connectivity index (χ4n) is 0.847. The zero-order chi connectivity index (χ0) is 8.97. The molecule has 0 aliphatic heterocycles. The summed E-state index contributed by atoms with van der Waals surface area (Å²) in [6, 6.07) is 4.88. The molecule has 0 radical (unpaired) electrons. The first-order chi connectivity index (χ1) is 5.74. The van der Waals surface area contributed by atoms with Crippen molar-refractivity contribution in [2.75, 3.05) is 0 Å². The molecule has 62 valence electrons. The summed E-state index contributed by atoms with van der Waals surface area (Å²) < 4.78 is 1.42. The van der Waals surface area contributed by atoms with Crippen LogP contribution in [0.2, 0.25) is 5.02 Å². The molecule has 1 aromatic rings. The largest absolute Gasteiger partial charge is 0.313 e. The van der Waals surface area contributed by atoms with Gasteiger partial charge in [0.15, 0.2) is 0 Å². The Labute approximate surface area is 74.8 Å². The molecule has 1 heterocycles. The quantitative estimate of drug-likeness (QED) is 0.695. The number of aromatic nitrogens is 1. The average molecular weight is 183 g/mol. The Kier molecular flexibility index (Phi) is 2.89. The zero-order valence-electron chi connectivity index (χ0n) is 6.33. The van der Waals surface area contributed by atoms with Crippen LogP contribution in [0.5, 0.6) is 0 Å². The first-order valence-corrected chi connectivity index (χ1v) is 3.85. The summed E-state index contributed by atoms with van der Waals surface area (Å²) in [7, 11) is 0. The van der Waals surface area contributed by atoms with E-state index in [1.165, 1.54) is 22.9 Å². The van der Waals surface area contributed by atoms with Crippen LogP contribution in [-0.4, -0.2) is 4.57 Å². The predicted octanol–water partition coefficient (Wildman–Crippen LogP) is 1.42. The third-order valence-electron chi connectivity index (χ3n) is 1.41. The fourth-order valence-corrected chi connectivity index (χ4v) is 1.03. The van der Waals surface area contributed by atoms with Gasteiger partial charge in [0.1, 0.15) is 0 Å². The normalized spacial score (nSPS) is 9.33. The summed E-state index contributed by atoms with van der Waals surface area (Å²) in [6.07, 6.45) is 1.85. The summed E-state index contributed by atoms with van der Waals surface area (Å²) in [4.78, 5) is 11.1. The Morgan fingerprint density at radius 2 is 2.33 bits per heavy atom. The van der Waals surface area contributed by atoms with Crippen molar-refractivity contribution in [3.63, 3.8) is 0 Å². The number of pyridine rings is 1. The summed E-state index contributed by atoms with van der Waals surface area (Å²) >= 11 is 5.65. The van der Waals surface area contributed by atoms with Crippen molar-refractivity contribution in [2.24, 2.45) is 0 Å². The molecule has 0 aliphatic rings. The van der Waals surface area contributed by atoms with E-state index in [2.05, 4.69) is 0 Å². The summed E-state index contributed by atoms with van der Waals surface area (Å²) in [6.45, 7) is 0.399. The van der Waals surface area contributed by atoms with E-state index in [0.29, 0.717) is 18.0 Å². The van der Waals surface area contributed by atoms with Gasteiger partial charge in [0.2, 0.25) is 0 Å². The van der Waals surface area contributed by atoms with E-state index in [0.717, 1.165) is 0 Å². The molecular formula is C8H7ClN2O. The van der Waals surface area contributed by atoms with Gasteiger partial charge in [0.05, 0.1) is 17.5 Å². The molecule has 0 bridgehead atoms. The molecule has 0 saturated heterocycles. The molecule has 1 rings (SSSR count). The first kappa shape index (κ1) is 8.82. The maximum absolute atomic E-state index is 11.1. The van der Waals surface area contributed by atoms with Crippen molar-refractivity contribution in [1.82, 2.24) is 4.57 Å². The van der Waals surface area contributed by atoms with Crippen LogP contribution in [0.3, 0.4) is 0 Å². The van der Waals surface area contributed by atoms with Crippen molar-refractivity contribution < 1.29 is 0 Å². The van der Waals surface area contributed by atoms with Crippen molar-refractivity contribution >= 4 is 11.6 Å². The maximum Gasteiger partial charge on any atom is 0.250 e. The lowest BCUT2D eigenvalue weighted by molar-refractivity contribution is 0.686. The van der Waals surface area contributed by atoms with Crippen LogP contribution in [0.25, 0.3) is 0 Å². The van der Waals surface area contributed by atoms with Crippen molar-refractivity contribution in [2.45, 2.75) is 13.0 Å². The number of rotatable bonds is 2. The highest BCUT2D eigenvalue weighted by atomic mass is 35.5. The van der Waals surface area contributed by atoms with Crippen molar-refractivity contribution in [3.8, 4) is 6.07 Å². The molecule has 0 N–H and O–H groups in total. The van der Waals surface area contributed by atoms with Crippen LogP contribution in [0.15, 0.2) is 23.1 Å².